The third kappa shape index (κ3) is 4.72. The molecule has 2 atom stereocenters. The van der Waals surface area contributed by atoms with Crippen molar-refractivity contribution < 1.29 is 0 Å². The minimum Gasteiger partial charge on any atom is -0.327 e. The molecule has 1 aromatic rings. The zero-order valence-electron chi connectivity index (χ0n) is 11.3. The quantitative estimate of drug-likeness (QED) is 0.731. The Bertz CT molecular complexity index is 322. The summed E-state index contributed by atoms with van der Waals surface area (Å²) in [5.41, 5.74) is 8.90. The van der Waals surface area contributed by atoms with Gasteiger partial charge >= 0.3 is 0 Å². The number of rotatable bonds is 7. The first-order chi connectivity index (χ1) is 8.16. The average molecular weight is 251 g/mol. The van der Waals surface area contributed by atoms with E-state index in [-0.39, 0.29) is 6.04 Å². The summed E-state index contributed by atoms with van der Waals surface area (Å²) < 4.78 is 0. The van der Waals surface area contributed by atoms with Gasteiger partial charge in [-0.3, -0.25) is 0 Å². The van der Waals surface area contributed by atoms with Crippen molar-refractivity contribution in [3.8, 4) is 0 Å². The van der Waals surface area contributed by atoms with E-state index in [0.717, 1.165) is 0 Å². The lowest BCUT2D eigenvalue weighted by molar-refractivity contribution is 0.713. The van der Waals surface area contributed by atoms with Crippen LogP contribution in [0.5, 0.6) is 0 Å². The molecule has 0 aliphatic carbocycles. The van der Waals surface area contributed by atoms with Crippen LogP contribution in [0, 0.1) is 6.92 Å². The van der Waals surface area contributed by atoms with Crippen LogP contribution in [0.4, 0.5) is 0 Å². The molecule has 0 saturated carbocycles. The van der Waals surface area contributed by atoms with Gasteiger partial charge in [-0.1, -0.05) is 44.0 Å². The Hall–Kier alpha value is -0.470. The Kier molecular flexibility index (Phi) is 6.68. The topological polar surface area (TPSA) is 26.0 Å². The van der Waals surface area contributed by atoms with Gasteiger partial charge in [0.2, 0.25) is 0 Å². The van der Waals surface area contributed by atoms with Gasteiger partial charge in [-0.05, 0) is 37.1 Å². The van der Waals surface area contributed by atoms with Gasteiger partial charge in [0, 0.05) is 11.3 Å². The third-order valence-electron chi connectivity index (χ3n) is 3.02. The molecule has 17 heavy (non-hydrogen) atoms. The smallest absolute Gasteiger partial charge is 0.0448 e. The fourth-order valence-corrected chi connectivity index (χ4v) is 3.37. The molecule has 0 bridgehead atoms. The predicted octanol–water partition coefficient (Wildman–Crippen LogP) is 4.31. The van der Waals surface area contributed by atoms with Gasteiger partial charge in [-0.2, -0.15) is 11.8 Å². The minimum absolute atomic E-state index is 0.211. The zero-order chi connectivity index (χ0) is 12.7. The number of benzene rings is 1. The molecule has 96 valence electrons. The van der Waals surface area contributed by atoms with Crippen LogP contribution in [-0.2, 0) is 0 Å². The van der Waals surface area contributed by atoms with Gasteiger partial charge < -0.3 is 5.73 Å². The van der Waals surface area contributed by atoms with Crippen LogP contribution in [-0.4, -0.2) is 11.8 Å². The van der Waals surface area contributed by atoms with Gasteiger partial charge in [0.25, 0.3) is 0 Å². The van der Waals surface area contributed by atoms with Gasteiger partial charge in [0.05, 0.1) is 0 Å². The SMILES string of the molecule is CCCCCSC(c1ccccc1C)C(C)N. The number of hydrogen-bond acceptors (Lipinski definition) is 2. The van der Waals surface area contributed by atoms with E-state index in [1.165, 1.54) is 36.1 Å². The summed E-state index contributed by atoms with van der Waals surface area (Å²) in [6.45, 7) is 6.54. The van der Waals surface area contributed by atoms with E-state index < -0.39 is 0 Å². The number of unbranched alkanes of at least 4 members (excludes halogenated alkanes) is 2. The van der Waals surface area contributed by atoms with Crippen molar-refractivity contribution in [2.75, 3.05) is 5.75 Å². The second-order valence-electron chi connectivity index (χ2n) is 4.71. The van der Waals surface area contributed by atoms with Crippen molar-refractivity contribution in [2.45, 2.75) is 51.3 Å². The van der Waals surface area contributed by atoms with Crippen LogP contribution >= 0.6 is 11.8 Å². The molecule has 0 aliphatic rings. The highest BCUT2D eigenvalue weighted by molar-refractivity contribution is 7.99. The van der Waals surface area contributed by atoms with Crippen LogP contribution in [0.3, 0.4) is 0 Å². The van der Waals surface area contributed by atoms with E-state index in [1.807, 2.05) is 11.8 Å². The van der Waals surface area contributed by atoms with Crippen molar-refractivity contribution in [2.24, 2.45) is 5.73 Å². The van der Waals surface area contributed by atoms with Crippen LogP contribution in [0.2, 0.25) is 0 Å². The highest BCUT2D eigenvalue weighted by Crippen LogP contribution is 2.33. The number of aryl methyl sites for hydroxylation is 1. The van der Waals surface area contributed by atoms with E-state index >= 15 is 0 Å². The van der Waals surface area contributed by atoms with Crippen LogP contribution < -0.4 is 5.73 Å². The summed E-state index contributed by atoms with van der Waals surface area (Å²) in [5.74, 6) is 1.22. The van der Waals surface area contributed by atoms with Crippen molar-refractivity contribution in [3.63, 3.8) is 0 Å². The summed E-state index contributed by atoms with van der Waals surface area (Å²) in [7, 11) is 0. The maximum absolute atomic E-state index is 6.13. The monoisotopic (exact) mass is 251 g/mol. The Morgan fingerprint density at radius 2 is 1.94 bits per heavy atom. The molecule has 0 amide bonds. The van der Waals surface area contributed by atoms with E-state index in [1.54, 1.807) is 0 Å². The minimum atomic E-state index is 0.211. The Labute approximate surface area is 110 Å². The van der Waals surface area contributed by atoms with Gasteiger partial charge in [0.15, 0.2) is 0 Å². The molecule has 2 N–H and O–H groups in total. The summed E-state index contributed by atoms with van der Waals surface area (Å²) >= 11 is 2.01. The normalized spacial score (nSPS) is 14.6. The number of nitrogens with two attached hydrogens (primary N) is 1. The predicted molar refractivity (Wildman–Crippen MR) is 79.6 cm³/mol. The van der Waals surface area contributed by atoms with E-state index in [9.17, 15) is 0 Å². The standard InChI is InChI=1S/C15H25NS/c1-4-5-8-11-17-15(13(3)16)14-10-7-6-9-12(14)2/h6-7,9-10,13,15H,4-5,8,11,16H2,1-3H3. The zero-order valence-corrected chi connectivity index (χ0v) is 12.1. The van der Waals surface area contributed by atoms with Crippen molar-refractivity contribution in [1.29, 1.82) is 0 Å². The van der Waals surface area contributed by atoms with E-state index in [0.29, 0.717) is 5.25 Å². The highest BCUT2D eigenvalue weighted by atomic mass is 32.2. The average Bonchev–Trinajstić information content (AvgIpc) is 2.30. The molecule has 1 rings (SSSR count). The molecule has 0 saturated heterocycles. The van der Waals surface area contributed by atoms with Crippen LogP contribution in [0.1, 0.15) is 49.5 Å². The van der Waals surface area contributed by atoms with E-state index in [4.69, 9.17) is 5.73 Å². The highest BCUT2D eigenvalue weighted by Gasteiger charge is 2.17. The Balaban J connectivity index is 2.63. The maximum atomic E-state index is 6.13. The molecule has 0 aromatic heterocycles. The second kappa shape index (κ2) is 7.78. The summed E-state index contributed by atoms with van der Waals surface area (Å²) in [5, 5.41) is 0.438. The molecule has 0 aliphatic heterocycles. The third-order valence-corrected chi connectivity index (χ3v) is 4.58. The molecule has 0 heterocycles. The first kappa shape index (κ1) is 14.6. The molecule has 0 spiro atoms. The van der Waals surface area contributed by atoms with E-state index in [2.05, 4.69) is 45.0 Å². The van der Waals surface area contributed by atoms with Crippen molar-refractivity contribution >= 4 is 11.8 Å². The Morgan fingerprint density at radius 1 is 1.24 bits per heavy atom. The lowest BCUT2D eigenvalue weighted by Gasteiger charge is -2.22. The second-order valence-corrected chi connectivity index (χ2v) is 5.96. The maximum Gasteiger partial charge on any atom is 0.0448 e. The molecule has 0 fully saturated rings. The molecule has 2 heteroatoms. The van der Waals surface area contributed by atoms with Gasteiger partial charge in [-0.25, -0.2) is 0 Å². The fourth-order valence-electron chi connectivity index (χ4n) is 1.99. The van der Waals surface area contributed by atoms with Crippen LogP contribution in [0.15, 0.2) is 24.3 Å². The molecule has 0 radical (unpaired) electrons. The molecular formula is C15H25NS. The van der Waals surface area contributed by atoms with Gasteiger partial charge in [0.1, 0.15) is 0 Å². The van der Waals surface area contributed by atoms with Crippen LogP contribution in [0.25, 0.3) is 0 Å². The first-order valence-electron chi connectivity index (χ1n) is 6.59. The molecule has 1 aromatic carbocycles. The summed E-state index contributed by atoms with van der Waals surface area (Å²) in [6.07, 6.45) is 3.91. The Morgan fingerprint density at radius 3 is 2.53 bits per heavy atom. The van der Waals surface area contributed by atoms with Crippen molar-refractivity contribution in [3.05, 3.63) is 35.4 Å². The number of thioether (sulfide) groups is 1. The number of hydrogen-bond donors (Lipinski definition) is 1. The molecule has 2 unspecified atom stereocenters. The summed E-state index contributed by atoms with van der Waals surface area (Å²) in [4.78, 5) is 0. The van der Waals surface area contributed by atoms with Crippen molar-refractivity contribution in [1.82, 2.24) is 0 Å². The first-order valence-corrected chi connectivity index (χ1v) is 7.64. The fraction of sp³-hybridized carbons (Fsp3) is 0.600. The lowest BCUT2D eigenvalue weighted by atomic mass is 10.0. The molecule has 1 nitrogen and oxygen atoms in total. The van der Waals surface area contributed by atoms with Gasteiger partial charge in [-0.15, -0.1) is 0 Å². The molecular weight excluding hydrogens is 226 g/mol. The summed E-state index contributed by atoms with van der Waals surface area (Å²) in [6, 6.07) is 8.82. The lowest BCUT2D eigenvalue weighted by Crippen LogP contribution is -2.23. The largest absolute Gasteiger partial charge is 0.327 e.